The number of ether oxygens (including phenoxy) is 1. The fraction of sp³-hybridized carbons (Fsp3) is 0.364. The summed E-state index contributed by atoms with van der Waals surface area (Å²) in [5, 5.41) is 0. The van der Waals surface area contributed by atoms with E-state index in [2.05, 4.69) is 20.7 Å². The first-order valence-electron chi connectivity index (χ1n) is 4.88. The summed E-state index contributed by atoms with van der Waals surface area (Å²) in [6, 6.07) is 5.92. The molecular weight excluding hydrogens is 277 g/mol. The lowest BCUT2D eigenvalue weighted by Gasteiger charge is -2.16. The summed E-state index contributed by atoms with van der Waals surface area (Å²) in [5.41, 5.74) is 6.21. The Kier molecular flexibility index (Phi) is 4.89. The standard InChI is InChI=1S/C11H13BrFNO2/c1-2-16-11(15)9(13)10(14)7-5-3-4-6-8(7)12/h3-6,9-10H,2,14H2,1H3/t9?,10-/m0/s1. The molecular formula is C11H13BrFNO2. The molecule has 0 fully saturated rings. The van der Waals surface area contributed by atoms with Gasteiger partial charge in [0.1, 0.15) is 0 Å². The predicted octanol–water partition coefficient (Wildman–Crippen LogP) is 2.35. The number of benzene rings is 1. The van der Waals surface area contributed by atoms with Crippen molar-refractivity contribution in [3.05, 3.63) is 34.3 Å². The highest BCUT2D eigenvalue weighted by Crippen LogP contribution is 2.25. The lowest BCUT2D eigenvalue weighted by Crippen LogP contribution is -2.31. The van der Waals surface area contributed by atoms with Crippen molar-refractivity contribution in [1.29, 1.82) is 0 Å². The highest BCUT2D eigenvalue weighted by molar-refractivity contribution is 9.10. The Bertz CT molecular complexity index is 373. The molecule has 2 N–H and O–H groups in total. The number of hydrogen-bond donors (Lipinski definition) is 1. The van der Waals surface area contributed by atoms with E-state index in [1.807, 2.05) is 0 Å². The van der Waals surface area contributed by atoms with Crippen LogP contribution in [0.3, 0.4) is 0 Å². The second-order valence-electron chi connectivity index (χ2n) is 3.20. The van der Waals surface area contributed by atoms with E-state index in [0.29, 0.717) is 10.0 Å². The van der Waals surface area contributed by atoms with E-state index in [4.69, 9.17) is 5.73 Å². The molecule has 0 bridgehead atoms. The number of nitrogens with two attached hydrogens (primary N) is 1. The number of hydrogen-bond acceptors (Lipinski definition) is 3. The summed E-state index contributed by atoms with van der Waals surface area (Å²) in [5.74, 6) is -0.925. The lowest BCUT2D eigenvalue weighted by molar-refractivity contribution is -0.149. The van der Waals surface area contributed by atoms with Gasteiger partial charge in [-0.2, -0.15) is 0 Å². The van der Waals surface area contributed by atoms with Gasteiger partial charge in [0.25, 0.3) is 0 Å². The molecule has 0 aliphatic carbocycles. The van der Waals surface area contributed by atoms with Gasteiger partial charge in [0.05, 0.1) is 12.6 Å². The molecule has 5 heteroatoms. The van der Waals surface area contributed by atoms with Crippen molar-refractivity contribution in [2.45, 2.75) is 19.1 Å². The molecule has 0 spiro atoms. The molecule has 0 aromatic heterocycles. The van der Waals surface area contributed by atoms with Gasteiger partial charge < -0.3 is 10.5 Å². The summed E-state index contributed by atoms with van der Waals surface area (Å²) in [7, 11) is 0. The van der Waals surface area contributed by atoms with Crippen LogP contribution in [-0.2, 0) is 9.53 Å². The number of esters is 1. The second-order valence-corrected chi connectivity index (χ2v) is 4.06. The zero-order chi connectivity index (χ0) is 12.1. The SMILES string of the molecule is CCOC(=O)C(F)[C@@H](N)c1ccccc1Br. The average Bonchev–Trinajstić information content (AvgIpc) is 2.28. The zero-order valence-corrected chi connectivity index (χ0v) is 10.4. The fourth-order valence-electron chi connectivity index (χ4n) is 1.27. The Morgan fingerprint density at radius 2 is 2.19 bits per heavy atom. The fourth-order valence-corrected chi connectivity index (χ4v) is 1.82. The van der Waals surface area contributed by atoms with Gasteiger partial charge in [-0.25, -0.2) is 9.18 Å². The molecule has 0 saturated heterocycles. The zero-order valence-electron chi connectivity index (χ0n) is 8.82. The van der Waals surface area contributed by atoms with Crippen molar-refractivity contribution < 1.29 is 13.9 Å². The van der Waals surface area contributed by atoms with E-state index < -0.39 is 18.2 Å². The smallest absolute Gasteiger partial charge is 0.342 e. The molecule has 0 aliphatic rings. The van der Waals surface area contributed by atoms with Gasteiger partial charge in [-0.3, -0.25) is 0 Å². The first-order chi connectivity index (χ1) is 7.57. The van der Waals surface area contributed by atoms with E-state index in [-0.39, 0.29) is 6.61 Å². The minimum absolute atomic E-state index is 0.141. The first kappa shape index (κ1) is 13.1. The van der Waals surface area contributed by atoms with Crippen LogP contribution in [0.4, 0.5) is 4.39 Å². The topological polar surface area (TPSA) is 52.3 Å². The molecule has 1 unspecified atom stereocenters. The molecule has 1 rings (SSSR count). The van der Waals surface area contributed by atoms with Gasteiger partial charge in [0.2, 0.25) is 6.17 Å². The van der Waals surface area contributed by atoms with Crippen molar-refractivity contribution in [3.63, 3.8) is 0 Å². The van der Waals surface area contributed by atoms with Crippen molar-refractivity contribution in [2.75, 3.05) is 6.61 Å². The highest BCUT2D eigenvalue weighted by atomic mass is 79.9. The second kappa shape index (κ2) is 5.96. The largest absolute Gasteiger partial charge is 0.464 e. The molecule has 0 heterocycles. The van der Waals surface area contributed by atoms with Gasteiger partial charge in [-0.15, -0.1) is 0 Å². The molecule has 1 aromatic rings. The molecule has 16 heavy (non-hydrogen) atoms. The maximum atomic E-state index is 13.6. The van der Waals surface area contributed by atoms with Gasteiger partial charge in [0.15, 0.2) is 0 Å². The summed E-state index contributed by atoms with van der Waals surface area (Å²) in [6.07, 6.45) is -1.85. The minimum atomic E-state index is -1.85. The van der Waals surface area contributed by atoms with Crippen molar-refractivity contribution >= 4 is 21.9 Å². The third-order valence-electron chi connectivity index (χ3n) is 2.09. The van der Waals surface area contributed by atoms with E-state index in [1.54, 1.807) is 31.2 Å². The molecule has 1 aromatic carbocycles. The molecule has 2 atom stereocenters. The number of carbonyl (C=O) groups is 1. The highest BCUT2D eigenvalue weighted by Gasteiger charge is 2.28. The average molecular weight is 290 g/mol. The maximum absolute atomic E-state index is 13.6. The maximum Gasteiger partial charge on any atom is 0.342 e. The third-order valence-corrected chi connectivity index (χ3v) is 2.81. The minimum Gasteiger partial charge on any atom is -0.464 e. The number of alkyl halides is 1. The van der Waals surface area contributed by atoms with Gasteiger partial charge in [0, 0.05) is 4.47 Å². The van der Waals surface area contributed by atoms with Crippen LogP contribution in [0.15, 0.2) is 28.7 Å². The number of halogens is 2. The normalized spacial score (nSPS) is 14.2. The van der Waals surface area contributed by atoms with Crippen LogP contribution in [0.5, 0.6) is 0 Å². The van der Waals surface area contributed by atoms with Gasteiger partial charge in [-0.1, -0.05) is 34.1 Å². The summed E-state index contributed by atoms with van der Waals surface area (Å²) in [4.78, 5) is 11.2. The molecule has 88 valence electrons. The van der Waals surface area contributed by atoms with Crippen molar-refractivity contribution in [1.82, 2.24) is 0 Å². The van der Waals surface area contributed by atoms with Crippen LogP contribution < -0.4 is 5.73 Å². The van der Waals surface area contributed by atoms with Crippen LogP contribution in [0.2, 0.25) is 0 Å². The Labute approximate surface area is 102 Å². The Morgan fingerprint density at radius 1 is 1.56 bits per heavy atom. The van der Waals surface area contributed by atoms with E-state index in [0.717, 1.165) is 0 Å². The van der Waals surface area contributed by atoms with Crippen LogP contribution in [0.1, 0.15) is 18.5 Å². The van der Waals surface area contributed by atoms with Gasteiger partial charge in [-0.05, 0) is 18.6 Å². The van der Waals surface area contributed by atoms with Crippen molar-refractivity contribution in [3.8, 4) is 0 Å². The van der Waals surface area contributed by atoms with Crippen molar-refractivity contribution in [2.24, 2.45) is 5.73 Å². The molecule has 0 amide bonds. The Balaban J connectivity index is 2.82. The first-order valence-corrected chi connectivity index (χ1v) is 5.68. The van der Waals surface area contributed by atoms with Crippen LogP contribution in [-0.4, -0.2) is 18.7 Å². The summed E-state index contributed by atoms with van der Waals surface area (Å²) >= 11 is 3.25. The summed E-state index contributed by atoms with van der Waals surface area (Å²) < 4.78 is 18.9. The summed E-state index contributed by atoms with van der Waals surface area (Å²) in [6.45, 7) is 1.76. The quantitative estimate of drug-likeness (QED) is 0.866. The Hall–Kier alpha value is -0.940. The monoisotopic (exact) mass is 289 g/mol. The number of carbonyl (C=O) groups excluding carboxylic acids is 1. The molecule has 0 radical (unpaired) electrons. The van der Waals surface area contributed by atoms with Crippen LogP contribution >= 0.6 is 15.9 Å². The predicted molar refractivity (Wildman–Crippen MR) is 62.6 cm³/mol. The number of rotatable bonds is 4. The van der Waals surface area contributed by atoms with Gasteiger partial charge >= 0.3 is 5.97 Å². The lowest BCUT2D eigenvalue weighted by atomic mass is 10.0. The Morgan fingerprint density at radius 3 is 2.75 bits per heavy atom. The van der Waals surface area contributed by atoms with Crippen LogP contribution in [0.25, 0.3) is 0 Å². The van der Waals surface area contributed by atoms with Crippen LogP contribution in [0, 0.1) is 0 Å². The van der Waals surface area contributed by atoms with E-state index in [1.165, 1.54) is 0 Å². The molecule has 0 aliphatic heterocycles. The molecule has 3 nitrogen and oxygen atoms in total. The van der Waals surface area contributed by atoms with E-state index >= 15 is 0 Å². The third kappa shape index (κ3) is 3.02. The van der Waals surface area contributed by atoms with E-state index in [9.17, 15) is 9.18 Å². The molecule has 0 saturated carbocycles.